The summed E-state index contributed by atoms with van der Waals surface area (Å²) < 4.78 is 12.3. The number of hydrazone groups is 1. The largest absolute Gasteiger partial charge is 0.493 e. The summed E-state index contributed by atoms with van der Waals surface area (Å²) in [4.78, 5) is 11.8. The average molecular weight is 456 g/mol. The fraction of sp³-hybridized carbons (Fsp3) is 0.176. The number of hydrogen-bond acceptors (Lipinski definition) is 4. The van der Waals surface area contributed by atoms with Crippen LogP contribution in [0.4, 0.5) is 0 Å². The quantitative estimate of drug-likeness (QED) is 0.527. The number of nitrogens with zero attached hydrogens (tertiary/aromatic N) is 1. The van der Waals surface area contributed by atoms with Gasteiger partial charge in [-0.3, -0.25) is 4.79 Å². The van der Waals surface area contributed by atoms with E-state index in [2.05, 4.69) is 42.4 Å². The maximum atomic E-state index is 11.8. The lowest BCUT2D eigenvalue weighted by Gasteiger charge is -2.12. The third-order valence-corrected chi connectivity index (χ3v) is 4.07. The molecule has 0 heterocycles. The number of amides is 1. The molecule has 24 heavy (non-hydrogen) atoms. The molecule has 0 saturated carbocycles. The normalized spacial score (nSPS) is 10.7. The Kier molecular flexibility index (Phi) is 6.81. The van der Waals surface area contributed by atoms with Crippen LogP contribution in [-0.2, 0) is 4.79 Å². The molecule has 126 valence electrons. The molecular formula is C17H16Br2N2O3. The molecule has 0 aliphatic rings. The maximum absolute atomic E-state index is 11.8. The van der Waals surface area contributed by atoms with Gasteiger partial charge in [-0.15, -0.1) is 0 Å². The van der Waals surface area contributed by atoms with E-state index in [1.807, 2.05) is 37.3 Å². The molecule has 0 aromatic heterocycles. The van der Waals surface area contributed by atoms with Crippen LogP contribution in [0.15, 0.2) is 50.4 Å². The van der Waals surface area contributed by atoms with Crippen molar-refractivity contribution in [3.8, 4) is 11.5 Å². The number of methoxy groups -OCH3 is 1. The molecule has 0 unspecified atom stereocenters. The van der Waals surface area contributed by atoms with Crippen LogP contribution >= 0.6 is 31.9 Å². The molecule has 0 spiro atoms. The summed E-state index contributed by atoms with van der Waals surface area (Å²) in [7, 11) is 1.53. The van der Waals surface area contributed by atoms with Gasteiger partial charge in [-0.25, -0.2) is 5.43 Å². The fourth-order valence-corrected chi connectivity index (χ4v) is 3.13. The first-order valence-corrected chi connectivity index (χ1v) is 8.62. The number of rotatable bonds is 6. The van der Waals surface area contributed by atoms with E-state index in [9.17, 15) is 4.79 Å². The molecule has 0 radical (unpaired) electrons. The summed E-state index contributed by atoms with van der Waals surface area (Å²) in [6, 6.07) is 11.4. The minimum absolute atomic E-state index is 0.179. The summed E-state index contributed by atoms with van der Waals surface area (Å²) in [5.41, 5.74) is 4.49. The molecule has 1 amide bonds. The van der Waals surface area contributed by atoms with Gasteiger partial charge in [0, 0.05) is 4.47 Å². The topological polar surface area (TPSA) is 59.9 Å². The van der Waals surface area contributed by atoms with E-state index in [1.54, 1.807) is 12.3 Å². The molecule has 0 aliphatic heterocycles. The van der Waals surface area contributed by atoms with Gasteiger partial charge < -0.3 is 9.47 Å². The SMILES string of the molecule is COc1cc(Br)cc(Br)c1OCC(=O)NN=Cc1ccc(C)cc1. The van der Waals surface area contributed by atoms with E-state index >= 15 is 0 Å². The first-order valence-electron chi connectivity index (χ1n) is 7.04. The number of nitrogens with one attached hydrogen (secondary N) is 1. The van der Waals surface area contributed by atoms with Crippen molar-refractivity contribution >= 4 is 44.0 Å². The summed E-state index contributed by atoms with van der Waals surface area (Å²) in [5, 5.41) is 3.91. The van der Waals surface area contributed by atoms with Crippen molar-refractivity contribution in [1.29, 1.82) is 0 Å². The van der Waals surface area contributed by atoms with Gasteiger partial charge >= 0.3 is 0 Å². The molecule has 1 N–H and O–H groups in total. The van der Waals surface area contributed by atoms with Gasteiger partial charge in [-0.05, 0) is 40.5 Å². The predicted molar refractivity (Wildman–Crippen MR) is 101 cm³/mol. The highest BCUT2D eigenvalue weighted by Gasteiger charge is 2.12. The Bertz CT molecular complexity index is 746. The maximum Gasteiger partial charge on any atom is 0.277 e. The van der Waals surface area contributed by atoms with Gasteiger partial charge in [-0.2, -0.15) is 5.10 Å². The molecule has 2 rings (SSSR count). The number of hydrogen-bond donors (Lipinski definition) is 1. The van der Waals surface area contributed by atoms with E-state index in [4.69, 9.17) is 9.47 Å². The summed E-state index contributed by atoms with van der Waals surface area (Å²) >= 11 is 6.75. The third kappa shape index (κ3) is 5.35. The highest BCUT2D eigenvalue weighted by Crippen LogP contribution is 2.38. The molecule has 0 atom stereocenters. The van der Waals surface area contributed by atoms with Gasteiger partial charge in [0.05, 0.1) is 17.8 Å². The highest BCUT2D eigenvalue weighted by atomic mass is 79.9. The first-order chi connectivity index (χ1) is 11.5. The van der Waals surface area contributed by atoms with E-state index in [1.165, 1.54) is 12.7 Å². The third-order valence-electron chi connectivity index (χ3n) is 3.02. The minimum Gasteiger partial charge on any atom is -0.493 e. The van der Waals surface area contributed by atoms with Crippen LogP contribution in [0.5, 0.6) is 11.5 Å². The van der Waals surface area contributed by atoms with E-state index in [0.29, 0.717) is 16.0 Å². The lowest BCUT2D eigenvalue weighted by Crippen LogP contribution is -2.24. The fourth-order valence-electron chi connectivity index (χ4n) is 1.83. The molecule has 2 aromatic rings. The molecule has 0 fully saturated rings. The zero-order valence-electron chi connectivity index (χ0n) is 13.2. The van der Waals surface area contributed by atoms with E-state index < -0.39 is 0 Å². The van der Waals surface area contributed by atoms with Crippen molar-refractivity contribution in [3.63, 3.8) is 0 Å². The minimum atomic E-state index is -0.366. The molecular weight excluding hydrogens is 440 g/mol. The van der Waals surface area contributed by atoms with Crippen molar-refractivity contribution in [2.45, 2.75) is 6.92 Å². The summed E-state index contributed by atoms with van der Waals surface area (Å²) in [6.07, 6.45) is 1.58. The second-order valence-electron chi connectivity index (χ2n) is 4.91. The zero-order chi connectivity index (χ0) is 17.5. The van der Waals surface area contributed by atoms with Gasteiger partial charge in [0.15, 0.2) is 18.1 Å². The molecule has 0 saturated heterocycles. The number of aryl methyl sites for hydroxylation is 1. The van der Waals surface area contributed by atoms with Crippen LogP contribution in [0.1, 0.15) is 11.1 Å². The Hall–Kier alpha value is -1.86. The number of ether oxygens (including phenoxy) is 2. The predicted octanol–water partition coefficient (Wildman–Crippen LogP) is 4.06. The molecule has 0 bridgehead atoms. The van der Waals surface area contributed by atoms with Crippen LogP contribution in [0, 0.1) is 6.92 Å². The van der Waals surface area contributed by atoms with Crippen molar-refractivity contribution in [2.24, 2.45) is 5.10 Å². The van der Waals surface area contributed by atoms with Gasteiger partial charge in [-0.1, -0.05) is 45.8 Å². The van der Waals surface area contributed by atoms with Crippen LogP contribution in [-0.4, -0.2) is 25.8 Å². The summed E-state index contributed by atoms with van der Waals surface area (Å²) in [5.74, 6) is 0.612. The Morgan fingerprint density at radius 2 is 1.96 bits per heavy atom. The van der Waals surface area contributed by atoms with Gasteiger partial charge in [0.1, 0.15) is 0 Å². The second-order valence-corrected chi connectivity index (χ2v) is 6.68. The summed E-state index contributed by atoms with van der Waals surface area (Å²) in [6.45, 7) is 1.83. The van der Waals surface area contributed by atoms with Gasteiger partial charge in [0.25, 0.3) is 5.91 Å². The lowest BCUT2D eigenvalue weighted by molar-refractivity contribution is -0.123. The molecule has 7 heteroatoms. The molecule has 2 aromatic carbocycles. The molecule has 0 aliphatic carbocycles. The Morgan fingerprint density at radius 1 is 1.25 bits per heavy atom. The van der Waals surface area contributed by atoms with Crippen LogP contribution in [0.3, 0.4) is 0 Å². The number of benzene rings is 2. The van der Waals surface area contributed by atoms with E-state index in [0.717, 1.165) is 10.0 Å². The van der Waals surface area contributed by atoms with E-state index in [-0.39, 0.29) is 12.5 Å². The Balaban J connectivity index is 1.91. The van der Waals surface area contributed by atoms with Crippen LogP contribution in [0.2, 0.25) is 0 Å². The lowest BCUT2D eigenvalue weighted by atomic mass is 10.2. The van der Waals surface area contributed by atoms with Crippen LogP contribution < -0.4 is 14.9 Å². The average Bonchev–Trinajstić information content (AvgIpc) is 2.55. The van der Waals surface area contributed by atoms with Gasteiger partial charge in [0.2, 0.25) is 0 Å². The van der Waals surface area contributed by atoms with Crippen molar-refractivity contribution < 1.29 is 14.3 Å². The first kappa shape index (κ1) is 18.5. The van der Waals surface area contributed by atoms with Crippen molar-refractivity contribution in [2.75, 3.05) is 13.7 Å². The van der Waals surface area contributed by atoms with Crippen molar-refractivity contribution in [1.82, 2.24) is 5.43 Å². The number of halogens is 2. The molecule has 5 nitrogen and oxygen atoms in total. The Morgan fingerprint density at radius 3 is 2.62 bits per heavy atom. The number of carbonyl (C=O) groups excluding carboxylic acids is 1. The monoisotopic (exact) mass is 454 g/mol. The smallest absolute Gasteiger partial charge is 0.277 e. The standard InChI is InChI=1S/C17H16Br2N2O3/c1-11-3-5-12(6-4-11)9-20-21-16(22)10-24-17-14(19)7-13(18)8-15(17)23-2/h3-9H,10H2,1-2H3,(H,21,22). The van der Waals surface area contributed by atoms with Crippen LogP contribution in [0.25, 0.3) is 0 Å². The Labute approximate surface area is 157 Å². The van der Waals surface area contributed by atoms with Crippen molar-refractivity contribution in [3.05, 3.63) is 56.5 Å². The zero-order valence-corrected chi connectivity index (χ0v) is 16.3. The highest BCUT2D eigenvalue weighted by molar-refractivity contribution is 9.11. The second kappa shape index (κ2) is 8.84. The number of carbonyl (C=O) groups is 1.